The molecule has 0 saturated carbocycles. The third-order valence-electron chi connectivity index (χ3n) is 5.55. The number of aromatic nitrogens is 6. The molecular weight excluding hydrogens is 407 g/mol. The van der Waals surface area contributed by atoms with Crippen LogP contribution in [0.5, 0.6) is 0 Å². The van der Waals surface area contributed by atoms with E-state index in [2.05, 4.69) is 31.6 Å². The Hall–Kier alpha value is -2.52. The Morgan fingerprint density at radius 3 is 2.97 bits per heavy atom. The van der Waals surface area contributed by atoms with Crippen LogP contribution in [0, 0.1) is 11.7 Å². The van der Waals surface area contributed by atoms with E-state index in [0.717, 1.165) is 34.0 Å². The van der Waals surface area contributed by atoms with Gasteiger partial charge in [-0.15, -0.1) is 21.5 Å². The molecule has 0 bridgehead atoms. The number of thiophene rings is 1. The molecule has 1 aromatic carbocycles. The van der Waals surface area contributed by atoms with Gasteiger partial charge in [0, 0.05) is 10.6 Å². The molecular formula is C20H17FN6S2. The zero-order valence-electron chi connectivity index (χ0n) is 15.7. The fourth-order valence-corrected chi connectivity index (χ4v) is 6.37. The second-order valence-corrected chi connectivity index (χ2v) is 9.59. The number of hydrogen-bond acceptors (Lipinski definition) is 6. The van der Waals surface area contributed by atoms with Gasteiger partial charge >= 0.3 is 0 Å². The normalized spacial score (nSPS) is 16.8. The number of hydrogen-bond donors (Lipinski definition) is 0. The standard InChI is InChI=1S/C20H17FN6S2/c1-11-2-7-15-14(8-11)16-17-22-10-23-27(17)19-24-25-20(26(19)18(16)29-15)28-9-12-3-5-13(21)6-4-12/h3-6,10-11H,2,7-9H2,1H3. The number of nitrogens with zero attached hydrogens (tertiary/aromatic N) is 6. The summed E-state index contributed by atoms with van der Waals surface area (Å²) in [5.41, 5.74) is 3.32. The second-order valence-electron chi connectivity index (χ2n) is 7.56. The molecule has 0 spiro atoms. The molecule has 146 valence electrons. The Labute approximate surface area is 173 Å². The summed E-state index contributed by atoms with van der Waals surface area (Å²) < 4.78 is 17.1. The number of fused-ring (bicyclic) bond motifs is 8. The number of aryl methyl sites for hydroxylation is 1. The highest BCUT2D eigenvalue weighted by molar-refractivity contribution is 7.98. The molecule has 0 fully saturated rings. The maximum absolute atomic E-state index is 13.2. The predicted octanol–water partition coefficient (Wildman–Crippen LogP) is 4.54. The molecule has 1 unspecified atom stereocenters. The van der Waals surface area contributed by atoms with Gasteiger partial charge in [0.05, 0.1) is 5.39 Å². The first-order valence-electron chi connectivity index (χ1n) is 9.57. The van der Waals surface area contributed by atoms with Gasteiger partial charge in [-0.1, -0.05) is 30.8 Å². The van der Waals surface area contributed by atoms with Gasteiger partial charge < -0.3 is 0 Å². The van der Waals surface area contributed by atoms with Crippen molar-refractivity contribution < 1.29 is 4.39 Å². The summed E-state index contributed by atoms with van der Waals surface area (Å²) >= 11 is 3.43. The molecule has 1 aliphatic carbocycles. The van der Waals surface area contributed by atoms with Crippen LogP contribution in [0.2, 0.25) is 0 Å². The Bertz CT molecular complexity index is 1370. The summed E-state index contributed by atoms with van der Waals surface area (Å²) in [6.07, 6.45) is 4.99. The molecule has 9 heteroatoms. The number of halogens is 1. The lowest BCUT2D eigenvalue weighted by atomic mass is 9.89. The zero-order valence-corrected chi connectivity index (χ0v) is 17.3. The van der Waals surface area contributed by atoms with Gasteiger partial charge in [-0.25, -0.2) is 13.8 Å². The van der Waals surface area contributed by atoms with E-state index in [1.807, 2.05) is 23.5 Å². The van der Waals surface area contributed by atoms with E-state index in [1.165, 1.54) is 34.4 Å². The molecule has 0 saturated heterocycles. The molecule has 6 rings (SSSR count). The van der Waals surface area contributed by atoms with Crippen molar-refractivity contribution in [2.75, 3.05) is 0 Å². The summed E-state index contributed by atoms with van der Waals surface area (Å²) in [4.78, 5) is 7.14. The highest BCUT2D eigenvalue weighted by atomic mass is 32.2. The molecule has 29 heavy (non-hydrogen) atoms. The lowest BCUT2D eigenvalue weighted by Gasteiger charge is -2.17. The van der Waals surface area contributed by atoms with Crippen molar-refractivity contribution in [1.29, 1.82) is 0 Å². The molecule has 4 aromatic heterocycles. The quantitative estimate of drug-likeness (QED) is 0.398. The van der Waals surface area contributed by atoms with Crippen LogP contribution in [0.4, 0.5) is 4.39 Å². The van der Waals surface area contributed by atoms with Gasteiger partial charge in [0.15, 0.2) is 10.8 Å². The van der Waals surface area contributed by atoms with E-state index in [4.69, 9.17) is 0 Å². The first-order chi connectivity index (χ1) is 14.2. The molecule has 0 N–H and O–H groups in total. The van der Waals surface area contributed by atoms with E-state index >= 15 is 0 Å². The van der Waals surface area contributed by atoms with Gasteiger partial charge in [-0.05, 0) is 48.4 Å². The fraction of sp³-hybridized carbons (Fsp3) is 0.300. The van der Waals surface area contributed by atoms with Crippen LogP contribution in [0.3, 0.4) is 0 Å². The smallest absolute Gasteiger partial charge is 0.244 e. The maximum atomic E-state index is 13.2. The van der Waals surface area contributed by atoms with E-state index in [1.54, 1.807) is 22.6 Å². The average molecular weight is 425 g/mol. The van der Waals surface area contributed by atoms with Crippen LogP contribution in [-0.4, -0.2) is 29.2 Å². The SMILES string of the molecule is CC1CCc2sc3c(c2C1)c1ncnn1c1nnc(SCc2ccc(F)cc2)n31. The first-order valence-corrected chi connectivity index (χ1v) is 11.4. The van der Waals surface area contributed by atoms with Crippen molar-refractivity contribution in [2.24, 2.45) is 5.92 Å². The molecule has 0 amide bonds. The molecule has 1 atom stereocenters. The van der Waals surface area contributed by atoms with Crippen molar-refractivity contribution >= 4 is 44.7 Å². The number of benzene rings is 1. The Kier molecular flexibility index (Phi) is 3.89. The molecule has 5 aromatic rings. The van der Waals surface area contributed by atoms with Crippen LogP contribution in [0.1, 0.15) is 29.3 Å². The molecule has 0 radical (unpaired) electrons. The molecule has 1 aliphatic rings. The summed E-state index contributed by atoms with van der Waals surface area (Å²) in [5, 5.41) is 15.3. The van der Waals surface area contributed by atoms with Crippen molar-refractivity contribution in [3.8, 4) is 0 Å². The van der Waals surface area contributed by atoms with Crippen molar-refractivity contribution in [1.82, 2.24) is 29.2 Å². The van der Waals surface area contributed by atoms with Crippen LogP contribution < -0.4 is 0 Å². The third kappa shape index (κ3) is 2.67. The van der Waals surface area contributed by atoms with E-state index in [-0.39, 0.29) is 5.82 Å². The van der Waals surface area contributed by atoms with Crippen molar-refractivity contribution in [3.05, 3.63) is 52.4 Å². The van der Waals surface area contributed by atoms with Gasteiger partial charge in [-0.3, -0.25) is 0 Å². The van der Waals surface area contributed by atoms with Crippen LogP contribution >= 0.6 is 23.1 Å². The molecule has 4 heterocycles. The van der Waals surface area contributed by atoms with E-state index < -0.39 is 0 Å². The topological polar surface area (TPSA) is 60.4 Å². The minimum Gasteiger partial charge on any atom is -0.244 e. The summed E-state index contributed by atoms with van der Waals surface area (Å²) in [6, 6.07) is 6.59. The number of thioether (sulfide) groups is 1. The second kappa shape index (κ2) is 6.50. The summed E-state index contributed by atoms with van der Waals surface area (Å²) in [5.74, 6) is 1.82. The van der Waals surface area contributed by atoms with Crippen LogP contribution in [0.15, 0.2) is 35.7 Å². The van der Waals surface area contributed by atoms with E-state index in [0.29, 0.717) is 17.4 Å². The Balaban J connectivity index is 1.54. The van der Waals surface area contributed by atoms with Crippen LogP contribution in [0.25, 0.3) is 21.6 Å². The lowest BCUT2D eigenvalue weighted by molar-refractivity contribution is 0.508. The van der Waals surface area contributed by atoms with Gasteiger partial charge in [0.2, 0.25) is 0 Å². The van der Waals surface area contributed by atoms with Crippen LogP contribution in [-0.2, 0) is 18.6 Å². The lowest BCUT2D eigenvalue weighted by Crippen LogP contribution is -2.09. The largest absolute Gasteiger partial charge is 0.260 e. The highest BCUT2D eigenvalue weighted by Gasteiger charge is 2.26. The monoisotopic (exact) mass is 424 g/mol. The molecule has 6 nitrogen and oxygen atoms in total. The van der Waals surface area contributed by atoms with Crippen molar-refractivity contribution in [2.45, 2.75) is 37.1 Å². The fourth-order valence-electron chi connectivity index (χ4n) is 4.09. The Morgan fingerprint density at radius 2 is 2.10 bits per heavy atom. The molecule has 0 aliphatic heterocycles. The van der Waals surface area contributed by atoms with Gasteiger partial charge in [0.1, 0.15) is 17.0 Å². The average Bonchev–Trinajstić information content (AvgIpc) is 3.43. The maximum Gasteiger partial charge on any atom is 0.260 e. The zero-order chi connectivity index (χ0) is 19.5. The van der Waals surface area contributed by atoms with E-state index in [9.17, 15) is 4.39 Å². The predicted molar refractivity (Wildman–Crippen MR) is 112 cm³/mol. The Morgan fingerprint density at radius 1 is 1.24 bits per heavy atom. The van der Waals surface area contributed by atoms with Crippen molar-refractivity contribution in [3.63, 3.8) is 0 Å². The summed E-state index contributed by atoms with van der Waals surface area (Å²) in [6.45, 7) is 2.31. The van der Waals surface area contributed by atoms with Gasteiger partial charge in [-0.2, -0.15) is 9.61 Å². The first kappa shape index (κ1) is 17.3. The highest BCUT2D eigenvalue weighted by Crippen LogP contribution is 2.41. The number of rotatable bonds is 3. The van der Waals surface area contributed by atoms with Gasteiger partial charge in [0.25, 0.3) is 5.78 Å². The minimum absolute atomic E-state index is 0.222. The third-order valence-corrected chi connectivity index (χ3v) is 7.83. The minimum atomic E-state index is -0.222. The summed E-state index contributed by atoms with van der Waals surface area (Å²) in [7, 11) is 0.